The van der Waals surface area contributed by atoms with Gasteiger partial charge in [0, 0.05) is 11.1 Å². The molecule has 0 amide bonds. The summed E-state index contributed by atoms with van der Waals surface area (Å²) in [6, 6.07) is 9.90. The Morgan fingerprint density at radius 1 is 1.12 bits per heavy atom. The lowest BCUT2D eigenvalue weighted by Crippen LogP contribution is -1.91. The molecule has 2 aromatic rings. The van der Waals surface area contributed by atoms with Crippen molar-refractivity contribution in [2.75, 3.05) is 0 Å². The van der Waals surface area contributed by atoms with Crippen LogP contribution in [-0.2, 0) is 5.88 Å². The molecule has 0 unspecified atom stereocenters. The second kappa shape index (κ2) is 4.81. The zero-order valence-corrected chi connectivity index (χ0v) is 9.76. The maximum Gasteiger partial charge on any atom is 0.134 e. The van der Waals surface area contributed by atoms with E-state index in [1.807, 2.05) is 0 Å². The molecule has 0 saturated heterocycles. The summed E-state index contributed by atoms with van der Waals surface area (Å²) < 4.78 is 13.5. The van der Waals surface area contributed by atoms with Gasteiger partial charge in [-0.25, -0.2) is 9.37 Å². The van der Waals surface area contributed by atoms with Gasteiger partial charge in [0.05, 0.1) is 11.6 Å². The van der Waals surface area contributed by atoms with E-state index in [0.717, 1.165) is 5.56 Å². The Morgan fingerprint density at radius 3 is 2.50 bits per heavy atom. The van der Waals surface area contributed by atoms with Crippen LogP contribution in [0.15, 0.2) is 36.4 Å². The molecule has 0 spiro atoms. The van der Waals surface area contributed by atoms with Gasteiger partial charge in [-0.1, -0.05) is 29.8 Å². The van der Waals surface area contributed by atoms with Crippen LogP contribution in [0.2, 0.25) is 5.15 Å². The number of rotatable bonds is 2. The standard InChI is InChI=1S/C12H8Cl2FN/c13-7-8-5-6-11(16-12(8)14)9-3-1-2-4-10(9)15/h1-6H,7H2. The molecule has 0 radical (unpaired) electrons. The number of hydrogen-bond acceptors (Lipinski definition) is 1. The highest BCUT2D eigenvalue weighted by atomic mass is 35.5. The first-order valence-corrected chi connectivity index (χ1v) is 5.60. The third-order valence-electron chi connectivity index (χ3n) is 2.22. The van der Waals surface area contributed by atoms with Gasteiger partial charge in [-0.2, -0.15) is 0 Å². The fourth-order valence-electron chi connectivity index (χ4n) is 1.38. The smallest absolute Gasteiger partial charge is 0.134 e. The van der Waals surface area contributed by atoms with Crippen LogP contribution in [0.3, 0.4) is 0 Å². The van der Waals surface area contributed by atoms with Crippen molar-refractivity contribution in [2.45, 2.75) is 5.88 Å². The molecule has 1 aromatic heterocycles. The third-order valence-corrected chi connectivity index (χ3v) is 2.83. The molecule has 0 fully saturated rings. The van der Waals surface area contributed by atoms with Gasteiger partial charge in [-0.3, -0.25) is 0 Å². The van der Waals surface area contributed by atoms with E-state index in [1.54, 1.807) is 30.3 Å². The largest absolute Gasteiger partial charge is 0.236 e. The molecule has 0 saturated carbocycles. The maximum atomic E-state index is 13.5. The molecule has 1 aromatic carbocycles. The first-order valence-electron chi connectivity index (χ1n) is 4.68. The van der Waals surface area contributed by atoms with Crippen molar-refractivity contribution in [2.24, 2.45) is 0 Å². The van der Waals surface area contributed by atoms with E-state index in [4.69, 9.17) is 23.2 Å². The van der Waals surface area contributed by atoms with Gasteiger partial charge in [0.2, 0.25) is 0 Å². The van der Waals surface area contributed by atoms with Crippen LogP contribution in [0.5, 0.6) is 0 Å². The fraction of sp³-hybridized carbons (Fsp3) is 0.0833. The van der Waals surface area contributed by atoms with Gasteiger partial charge in [0.1, 0.15) is 11.0 Å². The monoisotopic (exact) mass is 255 g/mol. The number of benzene rings is 1. The predicted molar refractivity (Wildman–Crippen MR) is 64.2 cm³/mol. The van der Waals surface area contributed by atoms with Crippen LogP contribution in [0, 0.1) is 5.82 Å². The van der Waals surface area contributed by atoms with Gasteiger partial charge in [-0.15, -0.1) is 11.6 Å². The zero-order valence-electron chi connectivity index (χ0n) is 8.25. The normalized spacial score (nSPS) is 10.4. The third kappa shape index (κ3) is 2.18. The van der Waals surface area contributed by atoms with Crippen molar-refractivity contribution < 1.29 is 4.39 Å². The highest BCUT2D eigenvalue weighted by Gasteiger charge is 2.08. The molecular weight excluding hydrogens is 248 g/mol. The topological polar surface area (TPSA) is 12.9 Å². The summed E-state index contributed by atoms with van der Waals surface area (Å²) in [5.74, 6) is -0.0201. The molecule has 82 valence electrons. The van der Waals surface area contributed by atoms with E-state index in [1.165, 1.54) is 6.07 Å². The molecule has 0 aliphatic heterocycles. The van der Waals surface area contributed by atoms with E-state index in [9.17, 15) is 4.39 Å². The number of aromatic nitrogens is 1. The minimum absolute atomic E-state index is 0.295. The quantitative estimate of drug-likeness (QED) is 0.577. The highest BCUT2D eigenvalue weighted by Crippen LogP contribution is 2.24. The first kappa shape index (κ1) is 11.4. The molecule has 0 N–H and O–H groups in total. The molecule has 4 heteroatoms. The van der Waals surface area contributed by atoms with Crippen LogP contribution >= 0.6 is 23.2 Å². The van der Waals surface area contributed by atoms with Crippen LogP contribution in [0.25, 0.3) is 11.3 Å². The Bertz CT molecular complexity index is 514. The highest BCUT2D eigenvalue weighted by molar-refractivity contribution is 6.31. The predicted octanol–water partition coefficient (Wildman–Crippen LogP) is 4.28. The Kier molecular flexibility index (Phi) is 3.42. The van der Waals surface area contributed by atoms with E-state index in [-0.39, 0.29) is 5.82 Å². The second-order valence-corrected chi connectivity index (χ2v) is 3.89. The minimum atomic E-state index is -0.315. The Labute approximate surface area is 103 Å². The maximum absolute atomic E-state index is 13.5. The van der Waals surface area contributed by atoms with Crippen LogP contribution in [0.1, 0.15) is 5.56 Å². The van der Waals surface area contributed by atoms with E-state index >= 15 is 0 Å². The van der Waals surface area contributed by atoms with Gasteiger partial charge in [0.25, 0.3) is 0 Å². The first-order chi connectivity index (χ1) is 7.72. The second-order valence-electron chi connectivity index (χ2n) is 3.26. The Morgan fingerprint density at radius 2 is 1.88 bits per heavy atom. The zero-order chi connectivity index (χ0) is 11.5. The van der Waals surface area contributed by atoms with Crippen LogP contribution < -0.4 is 0 Å². The van der Waals surface area contributed by atoms with Gasteiger partial charge in [-0.05, 0) is 18.2 Å². The molecule has 0 aliphatic rings. The molecule has 0 bridgehead atoms. The SMILES string of the molecule is Fc1ccccc1-c1ccc(CCl)c(Cl)n1. The number of pyridine rings is 1. The summed E-state index contributed by atoms with van der Waals surface area (Å²) in [6.45, 7) is 0. The van der Waals surface area contributed by atoms with Crippen molar-refractivity contribution in [3.63, 3.8) is 0 Å². The summed E-state index contributed by atoms with van der Waals surface area (Å²) in [5, 5.41) is 0.316. The van der Waals surface area contributed by atoms with Gasteiger partial charge < -0.3 is 0 Å². The summed E-state index contributed by atoms with van der Waals surface area (Å²) in [7, 11) is 0. The number of halogens is 3. The minimum Gasteiger partial charge on any atom is -0.236 e. The Hall–Kier alpha value is -1.12. The molecular formula is C12H8Cl2FN. The van der Waals surface area contributed by atoms with Crippen molar-refractivity contribution in [1.82, 2.24) is 4.98 Å². The number of hydrogen-bond donors (Lipinski definition) is 0. The van der Waals surface area contributed by atoms with Crippen molar-refractivity contribution in [3.05, 3.63) is 52.9 Å². The van der Waals surface area contributed by atoms with Gasteiger partial charge in [0.15, 0.2) is 0 Å². The lowest BCUT2D eigenvalue weighted by Gasteiger charge is -2.05. The summed E-state index contributed by atoms with van der Waals surface area (Å²) >= 11 is 11.6. The molecule has 0 aliphatic carbocycles. The average Bonchev–Trinajstić information content (AvgIpc) is 2.29. The average molecular weight is 256 g/mol. The molecule has 2 rings (SSSR count). The molecule has 1 nitrogen and oxygen atoms in total. The van der Waals surface area contributed by atoms with Crippen molar-refractivity contribution >= 4 is 23.2 Å². The summed E-state index contributed by atoms with van der Waals surface area (Å²) in [5.41, 5.74) is 1.69. The fourth-order valence-corrected chi connectivity index (χ4v) is 1.89. The number of alkyl halides is 1. The molecule has 16 heavy (non-hydrogen) atoms. The van der Waals surface area contributed by atoms with E-state index < -0.39 is 0 Å². The summed E-state index contributed by atoms with van der Waals surface area (Å²) in [6.07, 6.45) is 0. The lowest BCUT2D eigenvalue weighted by atomic mass is 10.1. The lowest BCUT2D eigenvalue weighted by molar-refractivity contribution is 0.630. The van der Waals surface area contributed by atoms with Gasteiger partial charge >= 0.3 is 0 Å². The van der Waals surface area contributed by atoms with E-state index in [2.05, 4.69) is 4.98 Å². The van der Waals surface area contributed by atoms with E-state index in [0.29, 0.717) is 22.3 Å². The van der Waals surface area contributed by atoms with Crippen molar-refractivity contribution in [1.29, 1.82) is 0 Å². The Balaban J connectivity index is 2.50. The van der Waals surface area contributed by atoms with Crippen LogP contribution in [-0.4, -0.2) is 4.98 Å². The summed E-state index contributed by atoms with van der Waals surface area (Å²) in [4.78, 5) is 4.12. The van der Waals surface area contributed by atoms with Crippen molar-refractivity contribution in [3.8, 4) is 11.3 Å². The number of nitrogens with zero attached hydrogens (tertiary/aromatic N) is 1. The molecule has 1 heterocycles. The van der Waals surface area contributed by atoms with Crippen LogP contribution in [0.4, 0.5) is 4.39 Å². The molecule has 0 atom stereocenters.